The minimum atomic E-state index is -0.335. The van der Waals surface area contributed by atoms with Gasteiger partial charge >= 0.3 is 0 Å². The summed E-state index contributed by atoms with van der Waals surface area (Å²) in [6.07, 6.45) is 2.85. The summed E-state index contributed by atoms with van der Waals surface area (Å²) in [7, 11) is 0. The van der Waals surface area contributed by atoms with Crippen molar-refractivity contribution < 1.29 is 9.90 Å². The third-order valence-corrected chi connectivity index (χ3v) is 3.29. The van der Waals surface area contributed by atoms with Crippen molar-refractivity contribution in [2.24, 2.45) is 0 Å². The molecule has 0 heterocycles. The maximum absolute atomic E-state index is 11.8. The van der Waals surface area contributed by atoms with Gasteiger partial charge in [0.05, 0.1) is 0 Å². The summed E-state index contributed by atoms with van der Waals surface area (Å²) in [6.45, 7) is 6.08. The fourth-order valence-electron chi connectivity index (χ4n) is 1.98. The summed E-state index contributed by atoms with van der Waals surface area (Å²) in [5.41, 5.74) is 2.17. The molecule has 0 aliphatic rings. The monoisotopic (exact) mass is 263 g/mol. The van der Waals surface area contributed by atoms with Crippen molar-refractivity contribution in [2.75, 3.05) is 6.61 Å². The van der Waals surface area contributed by atoms with Crippen molar-refractivity contribution in [1.82, 2.24) is 5.32 Å². The van der Waals surface area contributed by atoms with Crippen molar-refractivity contribution in [1.29, 1.82) is 0 Å². The summed E-state index contributed by atoms with van der Waals surface area (Å²) in [5, 5.41) is 11.9. The van der Waals surface area contributed by atoms with E-state index in [1.807, 2.05) is 13.8 Å². The number of carbonyl (C=O) groups excluding carboxylic acids is 1. The molecule has 0 aromatic heterocycles. The molecule has 0 fully saturated rings. The van der Waals surface area contributed by atoms with Gasteiger partial charge in [-0.3, -0.25) is 4.79 Å². The van der Waals surface area contributed by atoms with Crippen LogP contribution < -0.4 is 5.32 Å². The van der Waals surface area contributed by atoms with E-state index in [9.17, 15) is 4.79 Å². The van der Waals surface area contributed by atoms with Gasteiger partial charge < -0.3 is 10.4 Å². The minimum absolute atomic E-state index is 0.0398. The summed E-state index contributed by atoms with van der Waals surface area (Å²) in [4.78, 5) is 11.8. The van der Waals surface area contributed by atoms with Gasteiger partial charge in [0.1, 0.15) is 0 Å². The Kier molecular flexibility index (Phi) is 6.03. The quantitative estimate of drug-likeness (QED) is 0.794. The number of nitrogens with one attached hydrogen (secondary N) is 1. The average Bonchev–Trinajstić information content (AvgIpc) is 2.36. The smallest absolute Gasteiger partial charge is 0.220 e. The van der Waals surface area contributed by atoms with Gasteiger partial charge in [-0.1, -0.05) is 31.2 Å². The van der Waals surface area contributed by atoms with Crippen LogP contribution in [0, 0.1) is 0 Å². The van der Waals surface area contributed by atoms with Gasteiger partial charge in [-0.05, 0) is 44.2 Å². The number of aliphatic hydroxyl groups excluding tert-OH is 1. The molecule has 0 unspecified atom stereocenters. The Morgan fingerprint density at radius 3 is 2.32 bits per heavy atom. The maximum Gasteiger partial charge on any atom is 0.220 e. The Balaban J connectivity index is 2.41. The van der Waals surface area contributed by atoms with E-state index in [1.165, 1.54) is 11.1 Å². The maximum atomic E-state index is 11.8. The Labute approximate surface area is 116 Å². The highest BCUT2D eigenvalue weighted by molar-refractivity contribution is 5.76. The number of aryl methyl sites for hydroxylation is 2. The van der Waals surface area contributed by atoms with E-state index in [4.69, 9.17) is 5.11 Å². The number of hydrogen-bond donors (Lipinski definition) is 2. The lowest BCUT2D eigenvalue weighted by Crippen LogP contribution is -2.44. The lowest BCUT2D eigenvalue weighted by molar-refractivity contribution is -0.122. The van der Waals surface area contributed by atoms with Gasteiger partial charge in [0.25, 0.3) is 0 Å². The third-order valence-electron chi connectivity index (χ3n) is 3.29. The van der Waals surface area contributed by atoms with E-state index in [-0.39, 0.29) is 18.1 Å². The Morgan fingerprint density at radius 2 is 1.79 bits per heavy atom. The van der Waals surface area contributed by atoms with Crippen molar-refractivity contribution in [3.8, 4) is 0 Å². The van der Waals surface area contributed by atoms with Gasteiger partial charge in [-0.25, -0.2) is 0 Å². The molecule has 3 nitrogen and oxygen atoms in total. The number of hydrogen-bond acceptors (Lipinski definition) is 2. The lowest BCUT2D eigenvalue weighted by atomic mass is 10.0. The Hall–Kier alpha value is -1.35. The molecule has 0 bridgehead atoms. The van der Waals surface area contributed by atoms with Crippen LogP contribution in [0.25, 0.3) is 0 Å². The zero-order chi connectivity index (χ0) is 14.3. The number of benzene rings is 1. The van der Waals surface area contributed by atoms with Crippen molar-refractivity contribution in [3.05, 3.63) is 35.4 Å². The minimum Gasteiger partial charge on any atom is -0.396 e. The van der Waals surface area contributed by atoms with Crippen LogP contribution in [0.3, 0.4) is 0 Å². The fraction of sp³-hybridized carbons (Fsp3) is 0.562. The molecule has 0 spiro atoms. The molecular weight excluding hydrogens is 238 g/mol. The highest BCUT2D eigenvalue weighted by Gasteiger charge is 2.19. The molecule has 0 aliphatic carbocycles. The summed E-state index contributed by atoms with van der Waals surface area (Å²) in [6, 6.07) is 8.40. The van der Waals surface area contributed by atoms with E-state index in [1.54, 1.807) is 0 Å². The Bertz CT molecular complexity index is 396. The first-order valence-corrected chi connectivity index (χ1v) is 6.96. The predicted octanol–water partition coefficient (Wildman–Crippen LogP) is 2.46. The molecule has 0 saturated carbocycles. The molecule has 1 aromatic rings. The first kappa shape index (κ1) is 15.7. The molecular formula is C16H25NO2. The van der Waals surface area contributed by atoms with E-state index in [0.717, 1.165) is 12.8 Å². The van der Waals surface area contributed by atoms with Gasteiger partial charge in [-0.2, -0.15) is 0 Å². The molecule has 3 heteroatoms. The molecule has 0 radical (unpaired) electrons. The molecule has 1 aromatic carbocycles. The first-order chi connectivity index (χ1) is 8.96. The van der Waals surface area contributed by atoms with Crippen LogP contribution in [0.15, 0.2) is 24.3 Å². The summed E-state index contributed by atoms with van der Waals surface area (Å²) < 4.78 is 0. The second kappa shape index (κ2) is 7.29. The van der Waals surface area contributed by atoms with Crippen molar-refractivity contribution in [3.63, 3.8) is 0 Å². The van der Waals surface area contributed by atoms with E-state index in [2.05, 4.69) is 36.5 Å². The van der Waals surface area contributed by atoms with Gasteiger partial charge in [0.15, 0.2) is 0 Å². The summed E-state index contributed by atoms with van der Waals surface area (Å²) in [5.74, 6) is 0.0398. The van der Waals surface area contributed by atoms with Crippen LogP contribution in [-0.2, 0) is 17.6 Å². The third kappa shape index (κ3) is 5.88. The predicted molar refractivity (Wildman–Crippen MR) is 78.1 cm³/mol. The van der Waals surface area contributed by atoms with Crippen molar-refractivity contribution in [2.45, 2.75) is 52.0 Å². The first-order valence-electron chi connectivity index (χ1n) is 6.96. The standard InChI is InChI=1S/C16H25NO2/c1-4-13-5-7-14(8-6-13)9-10-15(19)17-16(2,3)11-12-18/h5-8,18H,4,9-12H2,1-3H3,(H,17,19). The van der Waals surface area contributed by atoms with Crippen molar-refractivity contribution >= 4 is 5.91 Å². The van der Waals surface area contributed by atoms with Gasteiger partial charge in [0.2, 0.25) is 5.91 Å². The molecule has 1 amide bonds. The van der Waals surface area contributed by atoms with Gasteiger partial charge in [-0.15, -0.1) is 0 Å². The highest BCUT2D eigenvalue weighted by Crippen LogP contribution is 2.10. The normalized spacial score (nSPS) is 11.4. The molecule has 0 atom stereocenters. The zero-order valence-corrected chi connectivity index (χ0v) is 12.2. The molecule has 0 aliphatic heterocycles. The second-order valence-corrected chi connectivity index (χ2v) is 5.58. The number of carbonyl (C=O) groups is 1. The second-order valence-electron chi connectivity index (χ2n) is 5.58. The van der Waals surface area contributed by atoms with Crippen LogP contribution in [0.1, 0.15) is 44.7 Å². The number of aliphatic hydroxyl groups is 1. The summed E-state index contributed by atoms with van der Waals surface area (Å²) >= 11 is 0. The van der Waals surface area contributed by atoms with Crippen LogP contribution >= 0.6 is 0 Å². The van der Waals surface area contributed by atoms with Crippen LogP contribution in [-0.4, -0.2) is 23.2 Å². The van der Waals surface area contributed by atoms with Crippen LogP contribution in [0.5, 0.6) is 0 Å². The largest absolute Gasteiger partial charge is 0.396 e. The Morgan fingerprint density at radius 1 is 1.21 bits per heavy atom. The molecule has 19 heavy (non-hydrogen) atoms. The van der Waals surface area contributed by atoms with E-state index in [0.29, 0.717) is 12.8 Å². The topological polar surface area (TPSA) is 49.3 Å². The number of rotatable bonds is 7. The zero-order valence-electron chi connectivity index (χ0n) is 12.2. The van der Waals surface area contributed by atoms with Crippen LogP contribution in [0.4, 0.5) is 0 Å². The average molecular weight is 263 g/mol. The molecule has 2 N–H and O–H groups in total. The molecule has 106 valence electrons. The lowest BCUT2D eigenvalue weighted by Gasteiger charge is -2.25. The van der Waals surface area contributed by atoms with Crippen LogP contribution in [0.2, 0.25) is 0 Å². The highest BCUT2D eigenvalue weighted by atomic mass is 16.3. The molecule has 0 saturated heterocycles. The van der Waals surface area contributed by atoms with E-state index >= 15 is 0 Å². The number of amides is 1. The van der Waals surface area contributed by atoms with E-state index < -0.39 is 0 Å². The fourth-order valence-corrected chi connectivity index (χ4v) is 1.98. The van der Waals surface area contributed by atoms with Gasteiger partial charge in [0, 0.05) is 18.6 Å². The SMILES string of the molecule is CCc1ccc(CCC(=O)NC(C)(C)CCO)cc1. The molecule has 1 rings (SSSR count).